The summed E-state index contributed by atoms with van der Waals surface area (Å²) in [4.78, 5) is 34.3. The van der Waals surface area contributed by atoms with E-state index in [2.05, 4.69) is 0 Å². The van der Waals surface area contributed by atoms with Crippen molar-refractivity contribution in [1.29, 1.82) is 0 Å². The lowest BCUT2D eigenvalue weighted by molar-refractivity contribution is -0.787. The molecule has 0 aliphatic carbocycles. The van der Waals surface area contributed by atoms with Crippen molar-refractivity contribution in [1.82, 2.24) is 0 Å². The Morgan fingerprint density at radius 3 is 2.06 bits per heavy atom. The Balaban J connectivity index is 2.89. The lowest BCUT2D eigenvalue weighted by Gasteiger charge is -2.33. The van der Waals surface area contributed by atoms with Gasteiger partial charge in [-0.2, -0.15) is 9.59 Å². The van der Waals surface area contributed by atoms with Crippen LogP contribution >= 0.6 is 0 Å². The molecule has 17 heavy (non-hydrogen) atoms. The molecule has 0 unspecified atom stereocenters. The fraction of sp³-hybridized carbons (Fsp3) is 0.727. The summed E-state index contributed by atoms with van der Waals surface area (Å²) in [5.74, 6) is -0.0106. The minimum atomic E-state index is -1.26. The molecular weight excluding hydrogens is 226 g/mol. The maximum Gasteiger partial charge on any atom is 0.527 e. The van der Waals surface area contributed by atoms with Gasteiger partial charge in [-0.25, -0.2) is 0 Å². The van der Waals surface area contributed by atoms with Gasteiger partial charge in [-0.05, 0) is 20.8 Å². The molecule has 0 spiro atoms. The van der Waals surface area contributed by atoms with Crippen LogP contribution < -0.4 is 0 Å². The Morgan fingerprint density at radius 1 is 1.24 bits per heavy atom. The molecule has 1 rings (SSSR count). The van der Waals surface area contributed by atoms with Crippen LogP contribution in [0.4, 0.5) is 9.59 Å². The standard InChI is InChI=1S/C11H17NO5/c1-11(2,3)17-10(16)12(9(14)15)6-4-8(13)5-7-12/h4-7H2,1-3H3/p+1. The van der Waals surface area contributed by atoms with Crippen LogP contribution in [-0.4, -0.2) is 46.2 Å². The third-order valence-electron chi connectivity index (χ3n) is 2.65. The Kier molecular flexibility index (Phi) is 3.56. The number of hydrogen-bond acceptors (Lipinski definition) is 4. The highest BCUT2D eigenvalue weighted by Crippen LogP contribution is 2.22. The Hall–Kier alpha value is -1.43. The van der Waals surface area contributed by atoms with Crippen molar-refractivity contribution in [2.24, 2.45) is 0 Å². The first-order chi connectivity index (χ1) is 7.67. The van der Waals surface area contributed by atoms with Crippen molar-refractivity contribution in [3.63, 3.8) is 0 Å². The molecule has 1 fully saturated rings. The van der Waals surface area contributed by atoms with Crippen molar-refractivity contribution < 1.29 is 28.7 Å². The molecule has 0 aromatic rings. The molecular formula is C11H18NO5+. The molecule has 1 saturated heterocycles. The lowest BCUT2D eigenvalue weighted by Crippen LogP contribution is -2.61. The monoisotopic (exact) mass is 244 g/mol. The Morgan fingerprint density at radius 2 is 1.71 bits per heavy atom. The minimum absolute atomic E-state index is 0.0106. The van der Waals surface area contributed by atoms with Gasteiger partial charge < -0.3 is 9.84 Å². The third-order valence-corrected chi connectivity index (χ3v) is 2.65. The van der Waals surface area contributed by atoms with E-state index in [1.807, 2.05) is 0 Å². The third kappa shape index (κ3) is 3.03. The number of nitrogens with zero attached hydrogens (tertiary/aromatic N) is 1. The van der Waals surface area contributed by atoms with Gasteiger partial charge in [0.1, 0.15) is 24.5 Å². The summed E-state index contributed by atoms with van der Waals surface area (Å²) in [5, 5.41) is 9.20. The van der Waals surface area contributed by atoms with E-state index >= 15 is 0 Å². The van der Waals surface area contributed by atoms with Crippen LogP contribution in [0.2, 0.25) is 0 Å². The molecule has 1 heterocycles. The van der Waals surface area contributed by atoms with E-state index in [-0.39, 0.29) is 31.7 Å². The van der Waals surface area contributed by atoms with E-state index in [9.17, 15) is 19.5 Å². The summed E-state index contributed by atoms with van der Waals surface area (Å²) < 4.78 is 4.32. The first-order valence-electron chi connectivity index (χ1n) is 5.53. The topological polar surface area (TPSA) is 80.7 Å². The average Bonchev–Trinajstić information content (AvgIpc) is 2.15. The van der Waals surface area contributed by atoms with E-state index < -0.39 is 22.3 Å². The highest BCUT2D eigenvalue weighted by Gasteiger charge is 2.50. The van der Waals surface area contributed by atoms with Gasteiger partial charge in [0.2, 0.25) is 0 Å². The summed E-state index contributed by atoms with van der Waals surface area (Å²) >= 11 is 0. The van der Waals surface area contributed by atoms with Gasteiger partial charge in [-0.3, -0.25) is 4.79 Å². The summed E-state index contributed by atoms with van der Waals surface area (Å²) in [6.07, 6.45) is -1.85. The molecule has 0 atom stereocenters. The summed E-state index contributed by atoms with van der Waals surface area (Å²) in [6.45, 7) is 4.99. The van der Waals surface area contributed by atoms with E-state index in [4.69, 9.17) is 4.74 Å². The molecule has 0 saturated carbocycles. The number of imide groups is 1. The second kappa shape index (κ2) is 4.44. The fourth-order valence-corrected chi connectivity index (χ4v) is 1.67. The van der Waals surface area contributed by atoms with E-state index in [1.165, 1.54) is 0 Å². The van der Waals surface area contributed by atoms with Gasteiger partial charge in [0.15, 0.2) is 0 Å². The zero-order valence-corrected chi connectivity index (χ0v) is 10.4. The molecule has 6 nitrogen and oxygen atoms in total. The van der Waals surface area contributed by atoms with Crippen LogP contribution in [0, 0.1) is 0 Å². The second-order valence-corrected chi connectivity index (χ2v) is 5.22. The molecule has 0 radical (unpaired) electrons. The maximum atomic E-state index is 11.9. The molecule has 1 aliphatic heterocycles. The van der Waals surface area contributed by atoms with E-state index in [1.54, 1.807) is 20.8 Å². The van der Waals surface area contributed by atoms with Crippen molar-refractivity contribution in [2.45, 2.75) is 39.2 Å². The van der Waals surface area contributed by atoms with Crippen molar-refractivity contribution in [3.05, 3.63) is 0 Å². The van der Waals surface area contributed by atoms with Gasteiger partial charge in [0, 0.05) is 0 Å². The van der Waals surface area contributed by atoms with Crippen LogP contribution in [0.3, 0.4) is 0 Å². The number of piperidine rings is 1. The van der Waals surface area contributed by atoms with E-state index in [0.717, 1.165) is 0 Å². The zero-order chi connectivity index (χ0) is 13.3. The van der Waals surface area contributed by atoms with Gasteiger partial charge in [0.25, 0.3) is 0 Å². The summed E-state index contributed by atoms with van der Waals surface area (Å²) in [5.41, 5.74) is -0.737. The number of hydrogen-bond donors (Lipinski definition) is 1. The highest BCUT2D eigenvalue weighted by molar-refractivity contribution is 5.82. The van der Waals surface area contributed by atoms with Gasteiger partial charge in [-0.15, -0.1) is 4.48 Å². The quantitative estimate of drug-likeness (QED) is 0.657. The molecule has 6 heteroatoms. The first kappa shape index (κ1) is 13.6. The number of quaternary nitrogens is 1. The Bertz CT molecular complexity index is 345. The second-order valence-electron chi connectivity index (χ2n) is 5.22. The van der Waals surface area contributed by atoms with Crippen LogP contribution in [0.5, 0.6) is 0 Å². The first-order valence-corrected chi connectivity index (χ1v) is 5.53. The molecule has 1 N–H and O–H groups in total. The number of carbonyl (C=O) groups excluding carboxylic acids is 2. The minimum Gasteiger partial charge on any atom is -0.435 e. The van der Waals surface area contributed by atoms with Gasteiger partial charge in [-0.1, -0.05) is 0 Å². The number of likely N-dealkylation sites (tertiary alicyclic amines) is 1. The SMILES string of the molecule is CC(C)(C)OC(=O)[N+]1(C(=O)O)CCC(=O)CC1. The highest BCUT2D eigenvalue weighted by atomic mass is 16.6. The molecule has 0 bridgehead atoms. The van der Waals surface area contributed by atoms with Crippen LogP contribution in [0.1, 0.15) is 33.6 Å². The normalized spacial score (nSPS) is 19.8. The lowest BCUT2D eigenvalue weighted by atomic mass is 10.1. The smallest absolute Gasteiger partial charge is 0.435 e. The summed E-state index contributed by atoms with van der Waals surface area (Å²) in [6, 6.07) is 0. The van der Waals surface area contributed by atoms with Gasteiger partial charge >= 0.3 is 12.2 Å². The fourth-order valence-electron chi connectivity index (χ4n) is 1.67. The predicted octanol–water partition coefficient (Wildman–Crippen LogP) is 1.78. The molecule has 0 aromatic heterocycles. The molecule has 2 amide bonds. The van der Waals surface area contributed by atoms with Crippen molar-refractivity contribution in [3.8, 4) is 0 Å². The largest absolute Gasteiger partial charge is 0.527 e. The average molecular weight is 244 g/mol. The molecule has 0 aromatic carbocycles. The summed E-state index contributed by atoms with van der Waals surface area (Å²) in [7, 11) is 0. The zero-order valence-electron chi connectivity index (χ0n) is 10.4. The number of Topliss-reactive ketones (excluding diaryl/α,β-unsaturated/α-hetero) is 1. The number of amides is 2. The molecule has 96 valence electrons. The predicted molar refractivity (Wildman–Crippen MR) is 58.5 cm³/mol. The van der Waals surface area contributed by atoms with E-state index in [0.29, 0.717) is 0 Å². The number of carboxylic acid groups (broad SMARTS) is 1. The number of ketones is 1. The number of rotatable bonds is 0. The Labute approximate surface area is 99.7 Å². The van der Waals surface area contributed by atoms with Crippen LogP contribution in [0.25, 0.3) is 0 Å². The van der Waals surface area contributed by atoms with Crippen molar-refractivity contribution >= 4 is 18.0 Å². The van der Waals surface area contributed by atoms with Gasteiger partial charge in [0.05, 0.1) is 12.8 Å². The number of ether oxygens (including phenoxy) is 1. The molecule has 1 aliphatic rings. The number of carbonyl (C=O) groups is 3. The van der Waals surface area contributed by atoms with Crippen LogP contribution in [-0.2, 0) is 9.53 Å². The maximum absolute atomic E-state index is 11.9. The van der Waals surface area contributed by atoms with Crippen LogP contribution in [0.15, 0.2) is 0 Å². The van der Waals surface area contributed by atoms with Crippen molar-refractivity contribution in [2.75, 3.05) is 13.1 Å².